The first-order chi connectivity index (χ1) is 23.7. The van der Waals surface area contributed by atoms with E-state index >= 15 is 0 Å². The van der Waals surface area contributed by atoms with Gasteiger partial charge in [-0.05, 0) is 30.2 Å². The van der Waals surface area contributed by atoms with E-state index in [0.29, 0.717) is 5.57 Å². The van der Waals surface area contributed by atoms with Crippen molar-refractivity contribution in [1.82, 2.24) is 0 Å². The van der Waals surface area contributed by atoms with Crippen LogP contribution in [-0.4, -0.2) is 95.4 Å². The van der Waals surface area contributed by atoms with Crippen molar-refractivity contribution in [1.29, 1.82) is 0 Å². The molecule has 3 fully saturated rings. The van der Waals surface area contributed by atoms with E-state index in [1.807, 2.05) is 0 Å². The molecule has 4 aliphatic rings. The summed E-state index contributed by atoms with van der Waals surface area (Å²) in [6.07, 6.45) is -8.34. The minimum absolute atomic E-state index is 0.0698. The number of esters is 6. The summed E-state index contributed by atoms with van der Waals surface area (Å²) in [6, 6.07) is 8.02. The normalized spacial score (nSPS) is 36.3. The summed E-state index contributed by atoms with van der Waals surface area (Å²) < 4.78 is 42.5. The van der Waals surface area contributed by atoms with Crippen LogP contribution >= 0.6 is 0 Å². The maximum Gasteiger partial charge on any atom is 0.338 e. The van der Waals surface area contributed by atoms with Crippen molar-refractivity contribution in [3.05, 3.63) is 47.0 Å². The first-order valence-corrected chi connectivity index (χ1v) is 16.9. The highest BCUT2D eigenvalue weighted by atomic mass is 16.6. The first-order valence-electron chi connectivity index (χ1n) is 16.9. The lowest BCUT2D eigenvalue weighted by Gasteiger charge is -2.69. The van der Waals surface area contributed by atoms with Crippen LogP contribution in [0.4, 0.5) is 0 Å². The third kappa shape index (κ3) is 6.19. The fourth-order valence-electron chi connectivity index (χ4n) is 9.16. The lowest BCUT2D eigenvalue weighted by atomic mass is 9.44. The Balaban J connectivity index is 1.95. The molecule has 10 atom stereocenters. The van der Waals surface area contributed by atoms with Gasteiger partial charge in [0, 0.05) is 52.9 Å². The second-order valence-corrected chi connectivity index (χ2v) is 14.7. The zero-order valence-electron chi connectivity index (χ0n) is 30.3. The van der Waals surface area contributed by atoms with E-state index in [2.05, 4.69) is 0 Å². The van der Waals surface area contributed by atoms with Gasteiger partial charge in [-0.15, -0.1) is 0 Å². The zero-order valence-corrected chi connectivity index (χ0v) is 30.3. The lowest BCUT2D eigenvalue weighted by molar-refractivity contribution is -0.365. The molecule has 2 saturated carbocycles. The van der Waals surface area contributed by atoms with Crippen LogP contribution in [0.2, 0.25) is 0 Å². The molecule has 1 aromatic rings. The van der Waals surface area contributed by atoms with E-state index in [0.717, 1.165) is 13.8 Å². The Morgan fingerprint density at radius 1 is 0.765 bits per heavy atom. The summed E-state index contributed by atoms with van der Waals surface area (Å²) in [6.45, 7) is 12.2. The average Bonchev–Trinajstić information content (AvgIpc) is 3.00. The number of benzene rings is 1. The number of carbonyl (C=O) groups excluding carboxylic acids is 6. The minimum atomic E-state index is -2.19. The number of carbonyl (C=O) groups is 6. The maximum atomic E-state index is 14.2. The van der Waals surface area contributed by atoms with Crippen LogP contribution in [-0.2, 0) is 57.1 Å². The molecule has 1 saturated heterocycles. The summed E-state index contributed by atoms with van der Waals surface area (Å²) in [5.74, 6) is -5.93. The van der Waals surface area contributed by atoms with Crippen molar-refractivity contribution in [3.8, 4) is 0 Å². The van der Waals surface area contributed by atoms with E-state index in [9.17, 15) is 33.9 Å². The Morgan fingerprint density at radius 3 is 1.86 bits per heavy atom. The van der Waals surface area contributed by atoms with Gasteiger partial charge in [0.1, 0.15) is 30.0 Å². The molecule has 2 bridgehead atoms. The summed E-state index contributed by atoms with van der Waals surface area (Å²) in [4.78, 5) is 78.6. The molecular formula is C37H46O14. The standard InChI is InChI=1S/C37H46O14/c1-18-25(46-19(2)38)16-37(44)32(50-33(43)24-13-11-10-12-14-24)30-35(9,26(47-20(3)39)15-27-36(30,17-45-27)51-23(6)42)31(49-22(5)41)29(48-21(4)40)28(18)34(37,7)8/h10-14,25-27,29-32,44H,15-17H2,1-9H3/t25-,26-,27+,29+,30?,31-,32-,35+,36-,37+/m0/s1. The number of hydrogen-bond acceptors (Lipinski definition) is 14. The van der Waals surface area contributed by atoms with Crippen molar-refractivity contribution in [2.24, 2.45) is 16.7 Å². The van der Waals surface area contributed by atoms with Crippen LogP contribution in [0.3, 0.4) is 0 Å². The van der Waals surface area contributed by atoms with Gasteiger partial charge < -0.3 is 38.3 Å². The van der Waals surface area contributed by atoms with Crippen molar-refractivity contribution in [2.45, 2.75) is 123 Å². The molecule has 3 aliphatic carbocycles. The molecule has 1 aliphatic heterocycles. The van der Waals surface area contributed by atoms with Crippen LogP contribution in [0.1, 0.15) is 85.5 Å². The fourth-order valence-corrected chi connectivity index (χ4v) is 9.16. The molecule has 51 heavy (non-hydrogen) atoms. The molecule has 5 rings (SSSR count). The SMILES string of the molecule is CC(=O)O[C@H]1C[C@@]2(O)[C@@H](OC(=O)c3ccccc3)C3[C@@](C)([C@@H](OC(C)=O)C[C@H]4OC[C@@]34OC(C)=O)[C@@H](OC(C)=O)[C@H](OC(C)=O)C(=C1C)C2(C)C. The minimum Gasteiger partial charge on any atom is -0.462 e. The van der Waals surface area contributed by atoms with Gasteiger partial charge in [-0.3, -0.25) is 24.0 Å². The number of ether oxygens (including phenoxy) is 7. The second-order valence-electron chi connectivity index (χ2n) is 14.7. The van der Waals surface area contributed by atoms with E-state index < -0.39 is 100 Å². The van der Waals surface area contributed by atoms with Gasteiger partial charge in [-0.2, -0.15) is 0 Å². The Labute approximate surface area is 296 Å². The molecule has 1 aromatic carbocycles. The van der Waals surface area contributed by atoms with Gasteiger partial charge in [-0.25, -0.2) is 4.79 Å². The largest absolute Gasteiger partial charge is 0.462 e. The highest BCUT2D eigenvalue weighted by Gasteiger charge is 2.79. The smallest absolute Gasteiger partial charge is 0.338 e. The monoisotopic (exact) mass is 714 g/mol. The average molecular weight is 715 g/mol. The summed E-state index contributed by atoms with van der Waals surface area (Å²) in [7, 11) is 0. The Bertz CT molecular complexity index is 1650. The van der Waals surface area contributed by atoms with Gasteiger partial charge in [-0.1, -0.05) is 39.0 Å². The van der Waals surface area contributed by atoms with Gasteiger partial charge in [0.05, 0.1) is 23.5 Å². The first kappa shape index (κ1) is 37.9. The summed E-state index contributed by atoms with van der Waals surface area (Å²) >= 11 is 0. The van der Waals surface area contributed by atoms with Gasteiger partial charge in [0.15, 0.2) is 17.8 Å². The quantitative estimate of drug-likeness (QED) is 0.247. The van der Waals surface area contributed by atoms with Crippen molar-refractivity contribution in [2.75, 3.05) is 6.61 Å². The second kappa shape index (κ2) is 13.4. The summed E-state index contributed by atoms with van der Waals surface area (Å²) in [5.41, 5.74) is -6.32. The van der Waals surface area contributed by atoms with Gasteiger partial charge in [0.25, 0.3) is 0 Å². The van der Waals surface area contributed by atoms with Gasteiger partial charge in [0.2, 0.25) is 0 Å². The molecule has 1 heterocycles. The highest BCUT2D eigenvalue weighted by Crippen LogP contribution is 2.66. The predicted molar refractivity (Wildman–Crippen MR) is 174 cm³/mol. The van der Waals surface area contributed by atoms with Crippen LogP contribution < -0.4 is 0 Å². The molecular weight excluding hydrogens is 668 g/mol. The molecule has 14 nitrogen and oxygen atoms in total. The molecule has 0 spiro atoms. The molecule has 0 radical (unpaired) electrons. The van der Waals surface area contributed by atoms with Crippen LogP contribution in [0.5, 0.6) is 0 Å². The number of hydrogen-bond donors (Lipinski definition) is 1. The highest BCUT2D eigenvalue weighted by molar-refractivity contribution is 5.89. The van der Waals surface area contributed by atoms with Gasteiger partial charge >= 0.3 is 35.8 Å². The molecule has 14 heteroatoms. The van der Waals surface area contributed by atoms with Crippen LogP contribution in [0, 0.1) is 16.7 Å². The number of aliphatic hydroxyl groups is 1. The zero-order chi connectivity index (χ0) is 37.8. The Morgan fingerprint density at radius 2 is 1.35 bits per heavy atom. The summed E-state index contributed by atoms with van der Waals surface area (Å²) in [5, 5.41) is 13.5. The number of fused-ring (bicyclic) bond motifs is 5. The van der Waals surface area contributed by atoms with E-state index in [-0.39, 0.29) is 30.6 Å². The van der Waals surface area contributed by atoms with Crippen LogP contribution in [0.25, 0.3) is 0 Å². The van der Waals surface area contributed by atoms with Crippen molar-refractivity contribution in [3.63, 3.8) is 0 Å². The van der Waals surface area contributed by atoms with Crippen molar-refractivity contribution < 1.29 is 67.0 Å². The van der Waals surface area contributed by atoms with Crippen molar-refractivity contribution >= 4 is 35.8 Å². The molecule has 1 unspecified atom stereocenters. The molecule has 0 amide bonds. The van der Waals surface area contributed by atoms with E-state index in [1.54, 1.807) is 45.9 Å². The molecule has 1 N–H and O–H groups in total. The topological polar surface area (TPSA) is 187 Å². The molecule has 278 valence electrons. The Kier molecular flexibility index (Phi) is 9.93. The van der Waals surface area contributed by atoms with E-state index in [4.69, 9.17) is 33.2 Å². The maximum absolute atomic E-state index is 14.2. The lowest BCUT2D eigenvalue weighted by Crippen LogP contribution is -2.82. The predicted octanol–water partition coefficient (Wildman–Crippen LogP) is 3.16. The fraction of sp³-hybridized carbons (Fsp3) is 0.622. The molecule has 0 aromatic heterocycles. The van der Waals surface area contributed by atoms with E-state index in [1.165, 1.54) is 32.9 Å². The van der Waals surface area contributed by atoms with Crippen LogP contribution in [0.15, 0.2) is 41.5 Å². The Hall–Kier alpha value is -4.30. The number of rotatable bonds is 7. The third-order valence-corrected chi connectivity index (χ3v) is 11.3. The third-order valence-electron chi connectivity index (χ3n) is 11.3.